The number of anilines is 1. The second-order valence-corrected chi connectivity index (χ2v) is 12.5. The van der Waals surface area contributed by atoms with Crippen LogP contribution in [0.25, 0.3) is 10.8 Å². The summed E-state index contributed by atoms with van der Waals surface area (Å²) in [5.41, 5.74) is 1.72. The van der Waals surface area contributed by atoms with Crippen molar-refractivity contribution in [3.8, 4) is 18.1 Å². The van der Waals surface area contributed by atoms with E-state index in [4.69, 9.17) is 11.2 Å². The zero-order chi connectivity index (χ0) is 34.0. The third kappa shape index (κ3) is 9.85. The Balaban J connectivity index is 1.76. The number of aromatic hydroxyl groups is 1. The molecule has 0 aromatic heterocycles. The van der Waals surface area contributed by atoms with E-state index in [1.165, 1.54) is 12.1 Å². The summed E-state index contributed by atoms with van der Waals surface area (Å²) in [5.74, 6) is 1.84. The van der Waals surface area contributed by atoms with Crippen LogP contribution in [0.15, 0.2) is 91.0 Å². The zero-order valence-corrected chi connectivity index (χ0v) is 27.5. The summed E-state index contributed by atoms with van der Waals surface area (Å²) in [6.07, 6.45) is 7.36. The Bertz CT molecular complexity index is 1720. The summed E-state index contributed by atoms with van der Waals surface area (Å²) in [6, 6.07) is 24.8. The zero-order valence-electron chi connectivity index (χ0n) is 27.5. The van der Waals surface area contributed by atoms with Gasteiger partial charge in [0.1, 0.15) is 23.4 Å². The lowest BCUT2D eigenvalue weighted by molar-refractivity contribution is -0.140. The minimum absolute atomic E-state index is 0.0822. The SMILES string of the molecule is C#Cc1ccc(C(C(=O)Nc2ccc3ccccc3c2)N(CCCCC)C(=O)C(Cc2ccc(O)cc2)NC(=O)OC(C)(C)C)cc1. The number of alkyl carbamates (subject to hydrolysis) is 1. The van der Waals surface area contributed by atoms with Crippen LogP contribution < -0.4 is 10.6 Å². The fraction of sp³-hybridized carbons (Fsp3) is 0.308. The average molecular weight is 634 g/mol. The fourth-order valence-corrected chi connectivity index (χ4v) is 5.33. The van der Waals surface area contributed by atoms with Gasteiger partial charge in [-0.05, 0) is 85.5 Å². The van der Waals surface area contributed by atoms with Crippen LogP contribution in [0.2, 0.25) is 0 Å². The molecule has 0 heterocycles. The molecule has 2 atom stereocenters. The van der Waals surface area contributed by atoms with Crippen molar-refractivity contribution in [2.75, 3.05) is 11.9 Å². The third-order valence-corrected chi connectivity index (χ3v) is 7.62. The Morgan fingerprint density at radius 3 is 2.23 bits per heavy atom. The normalized spacial score (nSPS) is 12.4. The number of carbonyl (C=O) groups is 3. The maximum absolute atomic E-state index is 14.7. The number of nitrogens with one attached hydrogen (secondary N) is 2. The Hall–Kier alpha value is -5.29. The van der Waals surface area contributed by atoms with Crippen LogP contribution >= 0.6 is 0 Å². The highest BCUT2D eigenvalue weighted by atomic mass is 16.6. The van der Waals surface area contributed by atoms with Gasteiger partial charge in [-0.3, -0.25) is 9.59 Å². The largest absolute Gasteiger partial charge is 0.508 e. The summed E-state index contributed by atoms with van der Waals surface area (Å²) in [6.45, 7) is 7.56. The average Bonchev–Trinajstić information content (AvgIpc) is 3.04. The standard InChI is InChI=1S/C39H43N3O5/c1-6-8-11-24-42(37(45)34(41-38(46)47-39(3,4)5)25-28-16-22-33(43)23-17-28)35(30-18-14-27(7-2)15-19-30)36(44)40-32-21-20-29-12-9-10-13-31(29)26-32/h2,9-10,12-23,26,34-35,43H,6,8,11,24-25H2,1,3-5H3,(H,40,44)(H,41,46). The quantitative estimate of drug-likeness (QED) is 0.112. The van der Waals surface area contributed by atoms with Gasteiger partial charge >= 0.3 is 6.09 Å². The predicted octanol–water partition coefficient (Wildman–Crippen LogP) is 7.36. The molecule has 0 bridgehead atoms. The summed E-state index contributed by atoms with van der Waals surface area (Å²) in [7, 11) is 0. The summed E-state index contributed by atoms with van der Waals surface area (Å²) < 4.78 is 5.53. The van der Waals surface area contributed by atoms with E-state index in [1.54, 1.807) is 62.1 Å². The van der Waals surface area contributed by atoms with Crippen LogP contribution in [0.3, 0.4) is 0 Å². The van der Waals surface area contributed by atoms with Crippen molar-refractivity contribution >= 4 is 34.4 Å². The molecular formula is C39H43N3O5. The van der Waals surface area contributed by atoms with E-state index in [0.717, 1.165) is 23.6 Å². The molecule has 0 aliphatic rings. The summed E-state index contributed by atoms with van der Waals surface area (Å²) in [4.78, 5) is 43.6. The molecule has 2 unspecified atom stereocenters. The van der Waals surface area contributed by atoms with E-state index in [2.05, 4.69) is 23.5 Å². The first-order valence-electron chi connectivity index (χ1n) is 15.9. The number of fused-ring (bicyclic) bond motifs is 1. The van der Waals surface area contributed by atoms with Gasteiger partial charge in [-0.1, -0.05) is 80.3 Å². The molecule has 244 valence electrons. The molecule has 47 heavy (non-hydrogen) atoms. The topological polar surface area (TPSA) is 108 Å². The van der Waals surface area contributed by atoms with Crippen LogP contribution in [0.1, 0.15) is 69.7 Å². The number of ether oxygens (including phenoxy) is 1. The van der Waals surface area contributed by atoms with Gasteiger partial charge in [0.15, 0.2) is 0 Å². The number of phenolic OH excluding ortho intramolecular Hbond substituents is 1. The number of benzene rings is 4. The van der Waals surface area contributed by atoms with Crippen molar-refractivity contribution < 1.29 is 24.2 Å². The molecule has 0 spiro atoms. The minimum atomic E-state index is -1.07. The highest BCUT2D eigenvalue weighted by Gasteiger charge is 2.36. The lowest BCUT2D eigenvalue weighted by atomic mass is 9.98. The van der Waals surface area contributed by atoms with Gasteiger partial charge in [0, 0.05) is 24.2 Å². The summed E-state index contributed by atoms with van der Waals surface area (Å²) >= 11 is 0. The van der Waals surface area contributed by atoms with Gasteiger partial charge in [-0.2, -0.15) is 0 Å². The van der Waals surface area contributed by atoms with Crippen molar-refractivity contribution in [3.63, 3.8) is 0 Å². The molecule has 4 aromatic carbocycles. The van der Waals surface area contributed by atoms with Crippen LogP contribution in [-0.4, -0.2) is 46.1 Å². The van der Waals surface area contributed by atoms with Gasteiger partial charge in [-0.15, -0.1) is 6.42 Å². The number of hydrogen-bond donors (Lipinski definition) is 3. The second-order valence-electron chi connectivity index (χ2n) is 12.5. The number of terminal acetylenes is 1. The Kier molecular flexibility index (Phi) is 11.6. The molecule has 4 rings (SSSR count). The van der Waals surface area contributed by atoms with E-state index in [9.17, 15) is 19.5 Å². The van der Waals surface area contributed by atoms with Crippen LogP contribution in [0.4, 0.5) is 10.5 Å². The highest BCUT2D eigenvalue weighted by Crippen LogP contribution is 2.27. The van der Waals surface area contributed by atoms with E-state index in [1.807, 2.05) is 42.5 Å². The first-order chi connectivity index (χ1) is 22.5. The molecular weight excluding hydrogens is 590 g/mol. The Morgan fingerprint density at radius 1 is 0.915 bits per heavy atom. The molecule has 0 radical (unpaired) electrons. The Labute approximate surface area is 277 Å². The van der Waals surface area contributed by atoms with Crippen molar-refractivity contribution in [1.82, 2.24) is 10.2 Å². The van der Waals surface area contributed by atoms with Crippen LogP contribution in [0.5, 0.6) is 5.75 Å². The number of nitrogens with zero attached hydrogens (tertiary/aromatic N) is 1. The molecule has 0 saturated carbocycles. The number of hydrogen-bond acceptors (Lipinski definition) is 5. The number of amides is 3. The monoisotopic (exact) mass is 633 g/mol. The first kappa shape index (κ1) is 34.6. The van der Waals surface area contributed by atoms with Gasteiger partial charge in [-0.25, -0.2) is 4.79 Å². The number of carbonyl (C=O) groups excluding carboxylic acids is 3. The smallest absolute Gasteiger partial charge is 0.408 e. The first-order valence-corrected chi connectivity index (χ1v) is 15.9. The van der Waals surface area contributed by atoms with E-state index in [-0.39, 0.29) is 18.7 Å². The lowest BCUT2D eigenvalue weighted by Crippen LogP contribution is -2.53. The molecule has 0 aliphatic carbocycles. The van der Waals surface area contributed by atoms with Gasteiger partial charge in [0.2, 0.25) is 5.91 Å². The van der Waals surface area contributed by atoms with Gasteiger partial charge in [0.05, 0.1) is 0 Å². The van der Waals surface area contributed by atoms with E-state index < -0.39 is 35.6 Å². The van der Waals surface area contributed by atoms with Crippen molar-refractivity contribution in [1.29, 1.82) is 0 Å². The third-order valence-electron chi connectivity index (χ3n) is 7.62. The molecule has 8 nitrogen and oxygen atoms in total. The molecule has 0 fully saturated rings. The molecule has 3 N–H and O–H groups in total. The number of unbranched alkanes of at least 4 members (excludes halogenated alkanes) is 2. The van der Waals surface area contributed by atoms with Gasteiger partial charge in [0.25, 0.3) is 5.91 Å². The highest BCUT2D eigenvalue weighted by molar-refractivity contribution is 6.00. The maximum atomic E-state index is 14.7. The molecule has 4 aromatic rings. The molecule has 8 heteroatoms. The van der Waals surface area contributed by atoms with E-state index in [0.29, 0.717) is 28.8 Å². The summed E-state index contributed by atoms with van der Waals surface area (Å²) in [5, 5.41) is 17.6. The van der Waals surface area contributed by atoms with Crippen LogP contribution in [-0.2, 0) is 20.7 Å². The predicted molar refractivity (Wildman–Crippen MR) is 186 cm³/mol. The fourth-order valence-electron chi connectivity index (χ4n) is 5.33. The molecule has 0 aliphatic heterocycles. The van der Waals surface area contributed by atoms with Crippen molar-refractivity contribution in [2.45, 2.75) is 71.1 Å². The van der Waals surface area contributed by atoms with E-state index >= 15 is 0 Å². The number of phenols is 1. The van der Waals surface area contributed by atoms with Crippen molar-refractivity contribution in [3.05, 3.63) is 108 Å². The van der Waals surface area contributed by atoms with Gasteiger partial charge < -0.3 is 25.4 Å². The lowest BCUT2D eigenvalue weighted by Gasteiger charge is -2.34. The Morgan fingerprint density at radius 2 is 1.60 bits per heavy atom. The van der Waals surface area contributed by atoms with Crippen LogP contribution in [0, 0.1) is 12.3 Å². The second kappa shape index (κ2) is 15.8. The molecule has 3 amide bonds. The maximum Gasteiger partial charge on any atom is 0.408 e. The number of rotatable bonds is 12. The minimum Gasteiger partial charge on any atom is -0.508 e. The molecule has 0 saturated heterocycles. The van der Waals surface area contributed by atoms with Crippen molar-refractivity contribution in [2.24, 2.45) is 0 Å².